The fourth-order valence-corrected chi connectivity index (χ4v) is 3.39. The molecule has 2 atom stereocenters. The van der Waals surface area contributed by atoms with Crippen molar-refractivity contribution in [2.75, 3.05) is 7.11 Å². The lowest BCUT2D eigenvalue weighted by Crippen LogP contribution is -2.36. The van der Waals surface area contributed by atoms with Crippen molar-refractivity contribution in [3.05, 3.63) is 35.4 Å². The number of hydrogen-bond donors (Lipinski definition) is 1. The minimum atomic E-state index is 0.675. The van der Waals surface area contributed by atoms with Crippen molar-refractivity contribution in [3.8, 4) is 0 Å². The van der Waals surface area contributed by atoms with Crippen LogP contribution in [0.4, 0.5) is 0 Å². The van der Waals surface area contributed by atoms with Crippen LogP contribution in [0.5, 0.6) is 0 Å². The highest BCUT2D eigenvalue weighted by Gasteiger charge is 2.23. The molecule has 1 aromatic rings. The smallest absolute Gasteiger partial charge is 0.0716 e. The quantitative estimate of drug-likeness (QED) is 0.871. The van der Waals surface area contributed by atoms with Gasteiger partial charge in [0.15, 0.2) is 0 Å². The summed E-state index contributed by atoms with van der Waals surface area (Å²) in [5, 5.41) is 3.74. The van der Waals surface area contributed by atoms with Gasteiger partial charge in [0.25, 0.3) is 0 Å². The predicted molar refractivity (Wildman–Crippen MR) is 80.0 cm³/mol. The fraction of sp³-hybridized carbons (Fsp3) is 0.647. The van der Waals surface area contributed by atoms with E-state index < -0.39 is 0 Å². The third-order valence-corrected chi connectivity index (χ3v) is 4.18. The van der Waals surface area contributed by atoms with E-state index in [-0.39, 0.29) is 0 Å². The Morgan fingerprint density at radius 2 is 1.68 bits per heavy atom. The minimum absolute atomic E-state index is 0.675. The summed E-state index contributed by atoms with van der Waals surface area (Å²) in [6, 6.07) is 9.24. The van der Waals surface area contributed by atoms with Gasteiger partial charge < -0.3 is 10.1 Å². The second-order valence-corrected chi connectivity index (χ2v) is 6.20. The van der Waals surface area contributed by atoms with Crippen LogP contribution in [0.15, 0.2) is 24.3 Å². The third-order valence-electron chi connectivity index (χ3n) is 4.18. The number of nitrogens with one attached hydrogen (secondary N) is 1. The molecule has 1 N–H and O–H groups in total. The van der Waals surface area contributed by atoms with Gasteiger partial charge in [0.2, 0.25) is 0 Å². The lowest BCUT2D eigenvalue weighted by atomic mass is 9.80. The number of ether oxygens (including phenoxy) is 1. The molecule has 2 nitrogen and oxygen atoms in total. The molecular formula is C17H27NO. The first-order valence-electron chi connectivity index (χ1n) is 7.48. The fourth-order valence-electron chi connectivity index (χ4n) is 3.39. The largest absolute Gasteiger partial charge is 0.380 e. The Morgan fingerprint density at radius 1 is 1.05 bits per heavy atom. The molecule has 0 aliphatic heterocycles. The molecule has 1 aliphatic rings. The van der Waals surface area contributed by atoms with Gasteiger partial charge in [-0.1, -0.05) is 38.1 Å². The maximum absolute atomic E-state index is 5.27. The summed E-state index contributed by atoms with van der Waals surface area (Å²) in [4.78, 5) is 0. The first-order valence-corrected chi connectivity index (χ1v) is 7.48. The molecule has 19 heavy (non-hydrogen) atoms. The maximum Gasteiger partial charge on any atom is 0.0716 e. The van der Waals surface area contributed by atoms with Crippen molar-refractivity contribution in [1.82, 2.24) is 5.32 Å². The molecule has 0 radical (unpaired) electrons. The van der Waals surface area contributed by atoms with E-state index in [0.717, 1.165) is 18.4 Å². The highest BCUT2D eigenvalue weighted by Crippen LogP contribution is 2.28. The Balaban J connectivity index is 1.91. The zero-order valence-electron chi connectivity index (χ0n) is 12.5. The number of benzene rings is 1. The Labute approximate surface area is 117 Å². The van der Waals surface area contributed by atoms with Crippen LogP contribution >= 0.6 is 0 Å². The van der Waals surface area contributed by atoms with E-state index in [4.69, 9.17) is 4.74 Å². The summed E-state index contributed by atoms with van der Waals surface area (Å²) in [7, 11) is 1.76. The molecule has 2 rings (SSSR count). The third kappa shape index (κ3) is 4.32. The molecule has 2 heteroatoms. The summed E-state index contributed by atoms with van der Waals surface area (Å²) in [5.41, 5.74) is 2.67. The van der Waals surface area contributed by atoms with Gasteiger partial charge in [-0.2, -0.15) is 0 Å². The van der Waals surface area contributed by atoms with Crippen molar-refractivity contribution in [3.63, 3.8) is 0 Å². The van der Waals surface area contributed by atoms with E-state index in [1.54, 1.807) is 7.11 Å². The van der Waals surface area contributed by atoms with Crippen LogP contribution < -0.4 is 5.32 Å². The molecule has 1 fully saturated rings. The predicted octanol–water partition coefficient (Wildman–Crippen LogP) is 3.75. The van der Waals surface area contributed by atoms with Gasteiger partial charge in [-0.3, -0.25) is 0 Å². The standard InChI is InChI=1S/C17H27NO/c1-13-8-14(2)10-17(9-13)18-11-15-6-4-5-7-16(15)12-19-3/h4-7,13-14,17-18H,8-12H2,1-3H3. The summed E-state index contributed by atoms with van der Waals surface area (Å²) >= 11 is 0. The average molecular weight is 261 g/mol. The van der Waals surface area contributed by atoms with Gasteiger partial charge >= 0.3 is 0 Å². The van der Waals surface area contributed by atoms with Crippen LogP contribution in [0.25, 0.3) is 0 Å². The van der Waals surface area contributed by atoms with Crippen molar-refractivity contribution in [1.29, 1.82) is 0 Å². The second kappa shape index (κ2) is 7.06. The Hall–Kier alpha value is -0.860. The Morgan fingerprint density at radius 3 is 2.32 bits per heavy atom. The highest BCUT2D eigenvalue weighted by atomic mass is 16.5. The van der Waals surface area contributed by atoms with Gasteiger partial charge in [-0.15, -0.1) is 0 Å². The zero-order valence-corrected chi connectivity index (χ0v) is 12.5. The Kier molecular flexibility index (Phi) is 5.41. The summed E-state index contributed by atoms with van der Waals surface area (Å²) in [5.74, 6) is 1.71. The maximum atomic E-state index is 5.27. The normalized spacial score (nSPS) is 27.4. The van der Waals surface area contributed by atoms with E-state index in [9.17, 15) is 0 Å². The van der Waals surface area contributed by atoms with Gasteiger partial charge in [-0.25, -0.2) is 0 Å². The lowest BCUT2D eigenvalue weighted by molar-refractivity contribution is 0.183. The zero-order chi connectivity index (χ0) is 13.7. The van der Waals surface area contributed by atoms with E-state index >= 15 is 0 Å². The van der Waals surface area contributed by atoms with E-state index in [0.29, 0.717) is 12.6 Å². The highest BCUT2D eigenvalue weighted by molar-refractivity contribution is 5.26. The molecule has 1 saturated carbocycles. The lowest BCUT2D eigenvalue weighted by Gasteiger charge is -2.32. The van der Waals surface area contributed by atoms with Crippen molar-refractivity contribution < 1.29 is 4.74 Å². The summed E-state index contributed by atoms with van der Waals surface area (Å²) in [6.45, 7) is 6.42. The van der Waals surface area contributed by atoms with Crippen LogP contribution in [-0.4, -0.2) is 13.2 Å². The minimum Gasteiger partial charge on any atom is -0.380 e. The van der Waals surface area contributed by atoms with Crippen molar-refractivity contribution in [2.24, 2.45) is 11.8 Å². The molecule has 106 valence electrons. The average Bonchev–Trinajstić information content (AvgIpc) is 2.37. The molecule has 0 heterocycles. The SMILES string of the molecule is COCc1ccccc1CNC1CC(C)CC(C)C1. The summed E-state index contributed by atoms with van der Waals surface area (Å²) < 4.78 is 5.27. The molecule has 0 amide bonds. The molecular weight excluding hydrogens is 234 g/mol. The van der Waals surface area contributed by atoms with Gasteiger partial charge in [0, 0.05) is 19.7 Å². The van der Waals surface area contributed by atoms with Crippen LogP contribution in [0.1, 0.15) is 44.2 Å². The summed E-state index contributed by atoms with van der Waals surface area (Å²) in [6.07, 6.45) is 4.02. The monoisotopic (exact) mass is 261 g/mol. The molecule has 0 spiro atoms. The number of methoxy groups -OCH3 is 1. The topological polar surface area (TPSA) is 21.3 Å². The van der Waals surface area contributed by atoms with Crippen LogP contribution in [-0.2, 0) is 17.9 Å². The first-order chi connectivity index (χ1) is 9.19. The first kappa shape index (κ1) is 14.5. The number of hydrogen-bond acceptors (Lipinski definition) is 2. The van der Waals surface area contributed by atoms with Crippen LogP contribution in [0.2, 0.25) is 0 Å². The van der Waals surface area contributed by atoms with Gasteiger partial charge in [0.1, 0.15) is 0 Å². The van der Waals surface area contributed by atoms with Crippen molar-refractivity contribution >= 4 is 0 Å². The van der Waals surface area contributed by atoms with E-state index in [1.807, 2.05) is 0 Å². The molecule has 1 aromatic carbocycles. The molecule has 2 unspecified atom stereocenters. The Bertz CT molecular complexity index is 381. The second-order valence-electron chi connectivity index (χ2n) is 6.20. The van der Waals surface area contributed by atoms with Crippen molar-refractivity contribution in [2.45, 2.75) is 52.3 Å². The molecule has 0 saturated heterocycles. The van der Waals surface area contributed by atoms with E-state index in [1.165, 1.54) is 30.4 Å². The van der Waals surface area contributed by atoms with Gasteiger partial charge in [0.05, 0.1) is 6.61 Å². The number of rotatable bonds is 5. The van der Waals surface area contributed by atoms with Crippen LogP contribution in [0, 0.1) is 11.8 Å². The van der Waals surface area contributed by atoms with Gasteiger partial charge in [-0.05, 0) is 42.2 Å². The van der Waals surface area contributed by atoms with Crippen LogP contribution in [0.3, 0.4) is 0 Å². The molecule has 0 aromatic heterocycles. The molecule has 0 bridgehead atoms. The van der Waals surface area contributed by atoms with E-state index in [2.05, 4.69) is 43.4 Å². The molecule has 1 aliphatic carbocycles.